The first-order valence-electron chi connectivity index (χ1n) is 9.15. The van der Waals surface area contributed by atoms with Crippen LogP contribution in [0.15, 0.2) is 42.5 Å². The number of ether oxygens (including phenoxy) is 1. The molecule has 0 spiro atoms. The molecule has 0 radical (unpaired) electrons. The van der Waals surface area contributed by atoms with Crippen molar-refractivity contribution in [3.63, 3.8) is 0 Å². The number of imide groups is 1. The van der Waals surface area contributed by atoms with E-state index in [9.17, 15) is 14.4 Å². The van der Waals surface area contributed by atoms with E-state index in [0.717, 1.165) is 11.3 Å². The summed E-state index contributed by atoms with van der Waals surface area (Å²) in [6.07, 6.45) is 0.988. The molecule has 0 aliphatic carbocycles. The Balaban J connectivity index is 1.62. The quantitative estimate of drug-likeness (QED) is 0.580. The number of nitrogens with zero attached hydrogens (tertiary/aromatic N) is 1. The van der Waals surface area contributed by atoms with E-state index in [4.69, 9.17) is 17.0 Å². The number of hydrogen-bond donors (Lipinski definition) is 2. The van der Waals surface area contributed by atoms with Gasteiger partial charge in [0.05, 0.1) is 17.2 Å². The molecule has 0 saturated heterocycles. The van der Waals surface area contributed by atoms with Gasteiger partial charge in [-0.1, -0.05) is 6.92 Å². The monoisotopic (exact) mass is 411 g/mol. The highest BCUT2D eigenvalue weighted by Crippen LogP contribution is 2.24. The molecular weight excluding hydrogens is 390 g/mol. The van der Waals surface area contributed by atoms with Crippen LogP contribution in [0.25, 0.3) is 0 Å². The SMILES string of the molecule is CC[C@H](C)Oc1ccc(C(=O)NC(=S)Nc2ccc3c(c2)C(=O)N(C)C3=O)cc1. The predicted octanol–water partition coefficient (Wildman–Crippen LogP) is 3.22. The number of rotatable bonds is 5. The Kier molecular flexibility index (Phi) is 5.93. The molecule has 8 heteroatoms. The summed E-state index contributed by atoms with van der Waals surface area (Å²) in [7, 11) is 1.43. The second kappa shape index (κ2) is 8.40. The zero-order chi connectivity index (χ0) is 21.1. The van der Waals surface area contributed by atoms with Gasteiger partial charge in [-0.2, -0.15) is 0 Å². The number of fused-ring (bicyclic) bond motifs is 1. The predicted molar refractivity (Wildman–Crippen MR) is 113 cm³/mol. The lowest BCUT2D eigenvalue weighted by Crippen LogP contribution is -2.34. The Morgan fingerprint density at radius 2 is 1.76 bits per heavy atom. The van der Waals surface area contributed by atoms with Gasteiger partial charge in [0.15, 0.2) is 5.11 Å². The third-order valence-electron chi connectivity index (χ3n) is 4.60. The number of thiocarbonyl (C=S) groups is 1. The van der Waals surface area contributed by atoms with Gasteiger partial charge >= 0.3 is 0 Å². The minimum absolute atomic E-state index is 0.0833. The van der Waals surface area contributed by atoms with Gasteiger partial charge in [-0.25, -0.2) is 0 Å². The first-order valence-corrected chi connectivity index (χ1v) is 9.56. The second-order valence-electron chi connectivity index (χ2n) is 6.70. The van der Waals surface area contributed by atoms with Crippen LogP contribution in [0.2, 0.25) is 0 Å². The second-order valence-corrected chi connectivity index (χ2v) is 7.11. The summed E-state index contributed by atoms with van der Waals surface area (Å²) in [6.45, 7) is 4.01. The van der Waals surface area contributed by atoms with E-state index in [1.165, 1.54) is 7.05 Å². The molecule has 2 aromatic carbocycles. The molecule has 3 rings (SSSR count). The van der Waals surface area contributed by atoms with Crippen molar-refractivity contribution < 1.29 is 19.1 Å². The van der Waals surface area contributed by atoms with Gasteiger partial charge in [0.1, 0.15) is 5.75 Å². The van der Waals surface area contributed by atoms with E-state index in [2.05, 4.69) is 10.6 Å². The Morgan fingerprint density at radius 1 is 1.10 bits per heavy atom. The van der Waals surface area contributed by atoms with Crippen LogP contribution in [0.4, 0.5) is 5.69 Å². The van der Waals surface area contributed by atoms with Crippen molar-refractivity contribution in [2.75, 3.05) is 12.4 Å². The molecule has 29 heavy (non-hydrogen) atoms. The van der Waals surface area contributed by atoms with E-state index in [1.54, 1.807) is 42.5 Å². The number of benzene rings is 2. The highest BCUT2D eigenvalue weighted by molar-refractivity contribution is 7.80. The van der Waals surface area contributed by atoms with Crippen molar-refractivity contribution in [2.24, 2.45) is 0 Å². The van der Waals surface area contributed by atoms with Crippen LogP contribution in [0.3, 0.4) is 0 Å². The molecule has 1 atom stereocenters. The van der Waals surface area contributed by atoms with Crippen molar-refractivity contribution >= 4 is 40.7 Å². The highest BCUT2D eigenvalue weighted by atomic mass is 32.1. The molecule has 0 fully saturated rings. The Labute approximate surface area is 174 Å². The summed E-state index contributed by atoms with van der Waals surface area (Å²) >= 11 is 5.18. The maximum absolute atomic E-state index is 12.4. The van der Waals surface area contributed by atoms with E-state index < -0.39 is 0 Å². The van der Waals surface area contributed by atoms with Gasteiger partial charge in [-0.05, 0) is 68.0 Å². The Bertz CT molecular complexity index is 988. The normalized spacial score (nSPS) is 13.7. The molecule has 1 heterocycles. The number of carbonyl (C=O) groups excluding carboxylic acids is 3. The van der Waals surface area contributed by atoms with Crippen molar-refractivity contribution in [3.8, 4) is 5.75 Å². The fourth-order valence-electron chi connectivity index (χ4n) is 2.78. The highest BCUT2D eigenvalue weighted by Gasteiger charge is 2.32. The molecule has 0 saturated carbocycles. The van der Waals surface area contributed by atoms with Crippen LogP contribution in [-0.4, -0.2) is 40.9 Å². The fraction of sp³-hybridized carbons (Fsp3) is 0.238. The first kappa shape index (κ1) is 20.5. The molecule has 2 aromatic rings. The van der Waals surface area contributed by atoms with Crippen molar-refractivity contribution in [1.82, 2.24) is 10.2 Å². The number of anilines is 1. The Hall–Kier alpha value is -3.26. The van der Waals surface area contributed by atoms with Crippen molar-refractivity contribution in [1.29, 1.82) is 0 Å². The Morgan fingerprint density at radius 3 is 2.41 bits per heavy atom. The van der Waals surface area contributed by atoms with Crippen LogP contribution < -0.4 is 15.4 Å². The summed E-state index contributed by atoms with van der Waals surface area (Å²) in [5, 5.41) is 5.53. The zero-order valence-electron chi connectivity index (χ0n) is 16.3. The summed E-state index contributed by atoms with van der Waals surface area (Å²) < 4.78 is 5.69. The van der Waals surface area contributed by atoms with Gasteiger partial charge in [-0.15, -0.1) is 0 Å². The number of nitrogens with one attached hydrogen (secondary N) is 2. The minimum atomic E-state index is -0.372. The third kappa shape index (κ3) is 4.43. The average molecular weight is 411 g/mol. The molecule has 0 bridgehead atoms. The lowest BCUT2D eigenvalue weighted by Gasteiger charge is -2.13. The molecule has 0 unspecified atom stereocenters. The lowest BCUT2D eigenvalue weighted by molar-refractivity contribution is 0.0692. The number of amides is 3. The zero-order valence-corrected chi connectivity index (χ0v) is 17.1. The summed E-state index contributed by atoms with van der Waals surface area (Å²) in [5.74, 6) is -0.389. The minimum Gasteiger partial charge on any atom is -0.491 e. The molecule has 7 nitrogen and oxygen atoms in total. The van der Waals surface area contributed by atoms with E-state index >= 15 is 0 Å². The van der Waals surface area contributed by atoms with Crippen LogP contribution in [-0.2, 0) is 0 Å². The molecule has 150 valence electrons. The molecule has 1 aliphatic heterocycles. The van der Waals surface area contributed by atoms with Crippen LogP contribution in [0.1, 0.15) is 51.3 Å². The smallest absolute Gasteiger partial charge is 0.261 e. The maximum atomic E-state index is 12.4. The van der Waals surface area contributed by atoms with Gasteiger partial charge in [0.25, 0.3) is 17.7 Å². The summed E-state index contributed by atoms with van der Waals surface area (Å²) in [6, 6.07) is 11.5. The standard InChI is InChI=1S/C21H21N3O4S/c1-4-12(2)28-15-8-5-13(6-9-15)18(25)23-21(29)22-14-7-10-16-17(11-14)20(27)24(3)19(16)26/h5-12H,4H2,1-3H3,(H2,22,23,25,29)/t12-/m0/s1. The molecule has 0 aromatic heterocycles. The number of carbonyl (C=O) groups is 3. The lowest BCUT2D eigenvalue weighted by atomic mass is 10.1. The molecule has 1 aliphatic rings. The van der Waals surface area contributed by atoms with Crippen LogP contribution in [0, 0.1) is 0 Å². The van der Waals surface area contributed by atoms with Crippen LogP contribution >= 0.6 is 12.2 Å². The van der Waals surface area contributed by atoms with Crippen molar-refractivity contribution in [2.45, 2.75) is 26.4 Å². The third-order valence-corrected chi connectivity index (χ3v) is 4.81. The topological polar surface area (TPSA) is 87.7 Å². The average Bonchev–Trinajstić information content (AvgIpc) is 2.92. The molecule has 2 N–H and O–H groups in total. The number of hydrogen-bond acceptors (Lipinski definition) is 5. The van der Waals surface area contributed by atoms with E-state index in [0.29, 0.717) is 28.1 Å². The first-order chi connectivity index (χ1) is 13.8. The maximum Gasteiger partial charge on any atom is 0.261 e. The summed E-state index contributed by atoms with van der Waals surface area (Å²) in [4.78, 5) is 37.5. The molecule has 3 amide bonds. The van der Waals surface area contributed by atoms with Gasteiger partial charge in [-0.3, -0.25) is 24.6 Å². The van der Waals surface area contributed by atoms with Gasteiger partial charge < -0.3 is 10.1 Å². The largest absolute Gasteiger partial charge is 0.491 e. The van der Waals surface area contributed by atoms with Gasteiger partial charge in [0.2, 0.25) is 0 Å². The van der Waals surface area contributed by atoms with E-state index in [1.807, 2.05) is 13.8 Å². The van der Waals surface area contributed by atoms with Crippen molar-refractivity contribution in [3.05, 3.63) is 59.2 Å². The fourth-order valence-corrected chi connectivity index (χ4v) is 2.99. The molecular formula is C21H21N3O4S. The summed E-state index contributed by atoms with van der Waals surface area (Å²) in [5.41, 5.74) is 1.58. The van der Waals surface area contributed by atoms with Gasteiger partial charge in [0, 0.05) is 18.3 Å². The van der Waals surface area contributed by atoms with Crippen LogP contribution in [0.5, 0.6) is 5.75 Å². The van der Waals surface area contributed by atoms with E-state index in [-0.39, 0.29) is 28.9 Å².